The van der Waals surface area contributed by atoms with Crippen molar-refractivity contribution >= 4 is 28.6 Å². The molecule has 2 aromatic heterocycles. The fraction of sp³-hybridized carbons (Fsp3) is 0.125. The average Bonchev–Trinajstić information content (AvgIpc) is 3.23. The molecule has 0 bridgehead atoms. The number of thiazole rings is 1. The van der Waals surface area contributed by atoms with Crippen molar-refractivity contribution in [2.45, 2.75) is 6.04 Å². The molecule has 3 aromatic rings. The lowest BCUT2D eigenvalue weighted by atomic mass is 10.1. The van der Waals surface area contributed by atoms with Gasteiger partial charge in [-0.25, -0.2) is 4.98 Å². The first-order valence-electron chi connectivity index (χ1n) is 6.72. The summed E-state index contributed by atoms with van der Waals surface area (Å²) in [5.41, 5.74) is 2.27. The number of aliphatic hydroxyl groups excluding tert-OH is 1. The van der Waals surface area contributed by atoms with Crippen LogP contribution < -0.4 is 5.32 Å². The number of hydrogen-bond acceptors (Lipinski definition) is 5. The van der Waals surface area contributed by atoms with Gasteiger partial charge in [0.15, 0.2) is 0 Å². The number of nitrogens with zero attached hydrogens (tertiary/aromatic N) is 1. The molecule has 1 atom stereocenters. The molecule has 2 N–H and O–H groups in total. The SMILES string of the molecule is O=C(NC(CO)c1ccccc1)c1csc(-c2ccsc2)n1. The number of rotatable bonds is 5. The summed E-state index contributed by atoms with van der Waals surface area (Å²) in [6.45, 7) is -0.155. The van der Waals surface area contributed by atoms with Crippen LogP contribution in [-0.2, 0) is 0 Å². The molecule has 3 rings (SSSR count). The van der Waals surface area contributed by atoms with Gasteiger partial charge in [0.25, 0.3) is 5.91 Å². The molecule has 2 heterocycles. The third-order valence-corrected chi connectivity index (χ3v) is 4.77. The Morgan fingerprint density at radius 1 is 1.23 bits per heavy atom. The van der Waals surface area contributed by atoms with Crippen molar-refractivity contribution in [1.29, 1.82) is 0 Å². The summed E-state index contributed by atoms with van der Waals surface area (Å²) in [5, 5.41) is 18.9. The first-order valence-corrected chi connectivity index (χ1v) is 8.55. The third-order valence-electron chi connectivity index (χ3n) is 3.19. The molecule has 6 heteroatoms. The van der Waals surface area contributed by atoms with E-state index in [1.165, 1.54) is 11.3 Å². The van der Waals surface area contributed by atoms with Gasteiger partial charge in [-0.2, -0.15) is 11.3 Å². The van der Waals surface area contributed by atoms with Crippen molar-refractivity contribution in [3.63, 3.8) is 0 Å². The standard InChI is InChI=1S/C16H14N2O2S2/c19-8-13(11-4-2-1-3-5-11)17-15(20)14-10-22-16(18-14)12-6-7-21-9-12/h1-7,9-10,13,19H,8H2,(H,17,20). The van der Waals surface area contributed by atoms with Gasteiger partial charge in [0.05, 0.1) is 12.6 Å². The molecular weight excluding hydrogens is 316 g/mol. The van der Waals surface area contributed by atoms with Gasteiger partial charge in [-0.15, -0.1) is 11.3 Å². The van der Waals surface area contributed by atoms with E-state index in [-0.39, 0.29) is 12.5 Å². The number of thiophene rings is 1. The highest BCUT2D eigenvalue weighted by molar-refractivity contribution is 7.14. The highest BCUT2D eigenvalue weighted by Crippen LogP contribution is 2.25. The fourth-order valence-corrected chi connectivity index (χ4v) is 3.56. The van der Waals surface area contributed by atoms with Crippen molar-refractivity contribution < 1.29 is 9.90 Å². The summed E-state index contributed by atoms with van der Waals surface area (Å²) in [6, 6.07) is 10.9. The van der Waals surface area contributed by atoms with Crippen LogP contribution in [-0.4, -0.2) is 22.6 Å². The van der Waals surface area contributed by atoms with Gasteiger partial charge in [-0.3, -0.25) is 4.79 Å². The maximum atomic E-state index is 12.3. The number of carbonyl (C=O) groups excluding carboxylic acids is 1. The van der Waals surface area contributed by atoms with E-state index >= 15 is 0 Å². The summed E-state index contributed by atoms with van der Waals surface area (Å²) in [5.74, 6) is -0.277. The Hall–Kier alpha value is -2.02. The zero-order valence-electron chi connectivity index (χ0n) is 11.6. The van der Waals surface area contributed by atoms with Gasteiger partial charge in [-0.1, -0.05) is 30.3 Å². The van der Waals surface area contributed by atoms with E-state index in [0.717, 1.165) is 16.1 Å². The molecule has 1 unspecified atom stereocenters. The molecule has 0 aliphatic heterocycles. The molecular formula is C16H14N2O2S2. The molecule has 0 saturated heterocycles. The zero-order valence-corrected chi connectivity index (χ0v) is 13.2. The fourth-order valence-electron chi connectivity index (χ4n) is 2.05. The van der Waals surface area contributed by atoms with Gasteiger partial charge in [0.2, 0.25) is 0 Å². The number of carbonyl (C=O) groups is 1. The minimum Gasteiger partial charge on any atom is -0.394 e. The highest BCUT2D eigenvalue weighted by Gasteiger charge is 2.17. The lowest BCUT2D eigenvalue weighted by Gasteiger charge is -2.15. The first-order chi connectivity index (χ1) is 10.8. The largest absolute Gasteiger partial charge is 0.394 e. The van der Waals surface area contributed by atoms with Crippen LogP contribution in [0, 0.1) is 0 Å². The molecule has 1 amide bonds. The second-order valence-corrected chi connectivity index (χ2v) is 6.31. The molecule has 0 spiro atoms. The first kappa shape index (κ1) is 14.9. The van der Waals surface area contributed by atoms with E-state index in [0.29, 0.717) is 5.69 Å². The molecule has 1 aromatic carbocycles. The maximum Gasteiger partial charge on any atom is 0.271 e. The van der Waals surface area contributed by atoms with E-state index in [4.69, 9.17) is 0 Å². The Balaban J connectivity index is 1.74. The molecule has 0 aliphatic carbocycles. The van der Waals surface area contributed by atoms with Crippen molar-refractivity contribution in [2.75, 3.05) is 6.61 Å². The van der Waals surface area contributed by atoms with Crippen LogP contribution in [0.5, 0.6) is 0 Å². The Morgan fingerprint density at radius 2 is 2.05 bits per heavy atom. The highest BCUT2D eigenvalue weighted by atomic mass is 32.1. The maximum absolute atomic E-state index is 12.3. The van der Waals surface area contributed by atoms with Crippen LogP contribution in [0.1, 0.15) is 22.1 Å². The molecule has 0 aliphatic rings. The monoisotopic (exact) mass is 330 g/mol. The van der Waals surface area contributed by atoms with Gasteiger partial charge in [-0.05, 0) is 17.0 Å². The van der Waals surface area contributed by atoms with E-state index in [2.05, 4.69) is 10.3 Å². The zero-order chi connectivity index (χ0) is 15.4. The Labute approximate surface area is 136 Å². The quantitative estimate of drug-likeness (QED) is 0.754. The van der Waals surface area contributed by atoms with Gasteiger partial charge in [0, 0.05) is 16.3 Å². The molecule has 0 fully saturated rings. The van der Waals surface area contributed by atoms with Crippen LogP contribution in [0.25, 0.3) is 10.6 Å². The smallest absolute Gasteiger partial charge is 0.271 e. The lowest BCUT2D eigenvalue weighted by Crippen LogP contribution is -2.30. The van der Waals surface area contributed by atoms with Crippen LogP contribution in [0.3, 0.4) is 0 Å². The Bertz CT molecular complexity index is 739. The van der Waals surface area contributed by atoms with E-state index in [1.807, 2.05) is 47.2 Å². The van der Waals surface area contributed by atoms with Gasteiger partial charge < -0.3 is 10.4 Å². The predicted octanol–water partition coefficient (Wildman–Crippen LogP) is 3.34. The van der Waals surface area contributed by atoms with E-state index < -0.39 is 6.04 Å². The molecule has 0 radical (unpaired) electrons. The number of nitrogens with one attached hydrogen (secondary N) is 1. The van der Waals surface area contributed by atoms with E-state index in [9.17, 15) is 9.90 Å². The summed E-state index contributed by atoms with van der Waals surface area (Å²) >= 11 is 3.04. The topological polar surface area (TPSA) is 62.2 Å². The molecule has 22 heavy (non-hydrogen) atoms. The number of aliphatic hydroxyl groups is 1. The lowest BCUT2D eigenvalue weighted by molar-refractivity contribution is 0.0912. The molecule has 4 nitrogen and oxygen atoms in total. The summed E-state index contributed by atoms with van der Waals surface area (Å²) < 4.78 is 0. The van der Waals surface area contributed by atoms with Crippen molar-refractivity contribution in [1.82, 2.24) is 10.3 Å². The summed E-state index contributed by atoms with van der Waals surface area (Å²) in [7, 11) is 0. The van der Waals surface area contributed by atoms with Gasteiger partial charge in [0.1, 0.15) is 10.7 Å². The van der Waals surface area contributed by atoms with Crippen LogP contribution >= 0.6 is 22.7 Å². The third kappa shape index (κ3) is 3.24. The number of amides is 1. The Kier molecular flexibility index (Phi) is 4.62. The van der Waals surface area contributed by atoms with E-state index in [1.54, 1.807) is 16.7 Å². The second-order valence-electron chi connectivity index (χ2n) is 4.67. The van der Waals surface area contributed by atoms with Gasteiger partial charge >= 0.3 is 0 Å². The summed E-state index contributed by atoms with van der Waals surface area (Å²) in [4.78, 5) is 16.7. The molecule has 112 valence electrons. The minimum atomic E-state index is -0.431. The Morgan fingerprint density at radius 3 is 2.73 bits per heavy atom. The predicted molar refractivity (Wildman–Crippen MR) is 89.2 cm³/mol. The minimum absolute atomic E-state index is 0.155. The van der Waals surface area contributed by atoms with Crippen LogP contribution in [0.4, 0.5) is 0 Å². The summed E-state index contributed by atoms with van der Waals surface area (Å²) in [6.07, 6.45) is 0. The normalized spacial score (nSPS) is 12.0. The number of hydrogen-bond donors (Lipinski definition) is 2. The van der Waals surface area contributed by atoms with Crippen molar-refractivity contribution in [3.05, 3.63) is 63.8 Å². The second kappa shape index (κ2) is 6.83. The number of benzene rings is 1. The van der Waals surface area contributed by atoms with Crippen LogP contribution in [0.15, 0.2) is 52.5 Å². The molecule has 0 saturated carbocycles. The van der Waals surface area contributed by atoms with Crippen molar-refractivity contribution in [3.8, 4) is 10.6 Å². The average molecular weight is 330 g/mol. The van der Waals surface area contributed by atoms with Crippen molar-refractivity contribution in [2.24, 2.45) is 0 Å². The number of aromatic nitrogens is 1. The van der Waals surface area contributed by atoms with Crippen LogP contribution in [0.2, 0.25) is 0 Å².